The van der Waals surface area contributed by atoms with E-state index in [1.165, 1.54) is 4.31 Å². The Balaban J connectivity index is 2.41. The van der Waals surface area contributed by atoms with Crippen molar-refractivity contribution in [3.8, 4) is 0 Å². The van der Waals surface area contributed by atoms with Gasteiger partial charge in [-0.05, 0) is 12.8 Å². The molecule has 0 aromatic carbocycles. The van der Waals surface area contributed by atoms with Crippen LogP contribution in [-0.2, 0) is 10.0 Å². The van der Waals surface area contributed by atoms with Crippen molar-refractivity contribution in [1.29, 1.82) is 0 Å². The zero-order valence-corrected chi connectivity index (χ0v) is 9.52. The zero-order valence-electron chi connectivity index (χ0n) is 8.70. The summed E-state index contributed by atoms with van der Waals surface area (Å²) >= 11 is 0. The molecule has 0 radical (unpaired) electrons. The standard InChI is InChI=1S/C8H15F3N2O2S/c9-8(10,11)3-1-5-16(14,15)13-4-2-7(12)6-13/h7H,1-6,12H2. The molecule has 4 nitrogen and oxygen atoms in total. The second-order valence-corrected chi connectivity index (χ2v) is 6.03. The van der Waals surface area contributed by atoms with Crippen LogP contribution in [0.1, 0.15) is 19.3 Å². The van der Waals surface area contributed by atoms with Crippen molar-refractivity contribution in [2.24, 2.45) is 5.73 Å². The molecule has 1 fully saturated rings. The minimum atomic E-state index is -4.29. The van der Waals surface area contributed by atoms with Crippen LogP contribution in [0.25, 0.3) is 0 Å². The fourth-order valence-corrected chi connectivity index (χ4v) is 3.16. The van der Waals surface area contributed by atoms with Crippen molar-refractivity contribution in [2.75, 3.05) is 18.8 Å². The molecule has 0 aromatic heterocycles. The van der Waals surface area contributed by atoms with Gasteiger partial charge in [-0.3, -0.25) is 0 Å². The fraction of sp³-hybridized carbons (Fsp3) is 1.00. The minimum absolute atomic E-state index is 0.197. The van der Waals surface area contributed by atoms with E-state index in [4.69, 9.17) is 5.73 Å². The fourth-order valence-electron chi connectivity index (χ4n) is 1.59. The first kappa shape index (κ1) is 13.7. The van der Waals surface area contributed by atoms with Crippen LogP contribution < -0.4 is 5.73 Å². The maximum absolute atomic E-state index is 11.8. The Bertz CT molecular complexity index is 329. The molecule has 8 heteroatoms. The molecule has 0 bridgehead atoms. The van der Waals surface area contributed by atoms with Crippen molar-refractivity contribution in [3.63, 3.8) is 0 Å². The van der Waals surface area contributed by atoms with E-state index in [1.54, 1.807) is 0 Å². The van der Waals surface area contributed by atoms with Crippen LogP contribution in [0.3, 0.4) is 0 Å². The monoisotopic (exact) mass is 260 g/mol. The highest BCUT2D eigenvalue weighted by Gasteiger charge is 2.31. The summed E-state index contributed by atoms with van der Waals surface area (Å²) in [5, 5.41) is 0. The lowest BCUT2D eigenvalue weighted by Crippen LogP contribution is -2.33. The van der Waals surface area contributed by atoms with Crippen molar-refractivity contribution >= 4 is 10.0 Å². The molecule has 16 heavy (non-hydrogen) atoms. The smallest absolute Gasteiger partial charge is 0.326 e. The number of halogens is 3. The summed E-state index contributed by atoms with van der Waals surface area (Å²) < 4.78 is 59.8. The van der Waals surface area contributed by atoms with Gasteiger partial charge >= 0.3 is 6.18 Å². The first-order valence-electron chi connectivity index (χ1n) is 5.01. The van der Waals surface area contributed by atoms with Gasteiger partial charge in [0.15, 0.2) is 0 Å². The van der Waals surface area contributed by atoms with Crippen LogP contribution >= 0.6 is 0 Å². The van der Waals surface area contributed by atoms with Crippen LogP contribution in [0, 0.1) is 0 Å². The lowest BCUT2D eigenvalue weighted by Gasteiger charge is -2.16. The molecule has 1 atom stereocenters. The number of hydrogen-bond acceptors (Lipinski definition) is 3. The van der Waals surface area contributed by atoms with Gasteiger partial charge in [0, 0.05) is 25.6 Å². The average molecular weight is 260 g/mol. The summed E-state index contributed by atoms with van der Waals surface area (Å²) in [6.07, 6.45) is -5.18. The SMILES string of the molecule is NC1CCN(S(=O)(=O)CCCC(F)(F)F)C1. The average Bonchev–Trinajstić information content (AvgIpc) is 2.49. The van der Waals surface area contributed by atoms with Crippen molar-refractivity contribution in [2.45, 2.75) is 31.5 Å². The topological polar surface area (TPSA) is 63.4 Å². The highest BCUT2D eigenvalue weighted by molar-refractivity contribution is 7.89. The molecule has 0 amide bonds. The van der Waals surface area contributed by atoms with Crippen LogP contribution in [-0.4, -0.2) is 43.8 Å². The molecule has 0 aromatic rings. The van der Waals surface area contributed by atoms with Gasteiger partial charge in [0.05, 0.1) is 5.75 Å². The third-order valence-corrected chi connectivity index (χ3v) is 4.37. The second-order valence-electron chi connectivity index (χ2n) is 3.94. The quantitative estimate of drug-likeness (QED) is 0.809. The Labute approximate surface area is 92.6 Å². The molecule has 2 N–H and O–H groups in total. The summed E-state index contributed by atoms with van der Waals surface area (Å²) in [7, 11) is -3.56. The molecule has 1 unspecified atom stereocenters. The van der Waals surface area contributed by atoms with E-state index in [0.717, 1.165) is 0 Å². The first-order valence-corrected chi connectivity index (χ1v) is 6.62. The molecule has 1 aliphatic heterocycles. The predicted molar refractivity (Wildman–Crippen MR) is 53.2 cm³/mol. The summed E-state index contributed by atoms with van der Waals surface area (Å²) in [6, 6.07) is -0.197. The largest absolute Gasteiger partial charge is 0.389 e. The molecular formula is C8H15F3N2O2S. The molecule has 1 saturated heterocycles. The van der Waals surface area contributed by atoms with E-state index in [9.17, 15) is 21.6 Å². The van der Waals surface area contributed by atoms with Gasteiger partial charge < -0.3 is 5.73 Å². The number of alkyl halides is 3. The summed E-state index contributed by atoms with van der Waals surface area (Å²) in [5.74, 6) is -0.459. The Morgan fingerprint density at radius 1 is 1.38 bits per heavy atom. The molecular weight excluding hydrogens is 245 g/mol. The van der Waals surface area contributed by atoms with E-state index >= 15 is 0 Å². The highest BCUT2D eigenvalue weighted by atomic mass is 32.2. The van der Waals surface area contributed by atoms with E-state index in [2.05, 4.69) is 0 Å². The van der Waals surface area contributed by atoms with E-state index in [1.807, 2.05) is 0 Å². The van der Waals surface area contributed by atoms with Gasteiger partial charge in [0.2, 0.25) is 10.0 Å². The number of nitrogens with two attached hydrogens (primary N) is 1. The lowest BCUT2D eigenvalue weighted by atomic mass is 10.3. The molecule has 0 spiro atoms. The molecule has 0 saturated carbocycles. The third kappa shape index (κ3) is 4.26. The second kappa shape index (κ2) is 4.89. The lowest BCUT2D eigenvalue weighted by molar-refractivity contribution is -0.134. The van der Waals surface area contributed by atoms with Gasteiger partial charge in [-0.15, -0.1) is 0 Å². The summed E-state index contributed by atoms with van der Waals surface area (Å²) in [5.41, 5.74) is 5.53. The van der Waals surface area contributed by atoms with Gasteiger partial charge in [-0.2, -0.15) is 13.2 Å². The Morgan fingerprint density at radius 3 is 2.44 bits per heavy atom. The normalized spacial score (nSPS) is 23.9. The van der Waals surface area contributed by atoms with Crippen molar-refractivity contribution in [3.05, 3.63) is 0 Å². The first-order chi connectivity index (χ1) is 7.21. The third-order valence-electron chi connectivity index (χ3n) is 2.44. The zero-order chi connectivity index (χ0) is 12.4. The van der Waals surface area contributed by atoms with Crippen molar-refractivity contribution in [1.82, 2.24) is 4.31 Å². The number of sulfonamides is 1. The van der Waals surface area contributed by atoms with Crippen LogP contribution in [0.5, 0.6) is 0 Å². The molecule has 96 valence electrons. The van der Waals surface area contributed by atoms with E-state index in [0.29, 0.717) is 13.0 Å². The predicted octanol–water partition coefficient (Wildman–Crippen LogP) is 0.692. The van der Waals surface area contributed by atoms with Crippen LogP contribution in [0.15, 0.2) is 0 Å². The minimum Gasteiger partial charge on any atom is -0.326 e. The molecule has 1 rings (SSSR count). The number of rotatable bonds is 4. The van der Waals surface area contributed by atoms with Crippen LogP contribution in [0.2, 0.25) is 0 Å². The maximum atomic E-state index is 11.8. The summed E-state index contributed by atoms with van der Waals surface area (Å²) in [6.45, 7) is 0.532. The van der Waals surface area contributed by atoms with Gasteiger partial charge in [0.25, 0.3) is 0 Å². The molecule has 1 aliphatic rings. The van der Waals surface area contributed by atoms with Gasteiger partial charge in [0.1, 0.15) is 0 Å². The molecule has 1 heterocycles. The Hall–Kier alpha value is -0.340. The van der Waals surface area contributed by atoms with E-state index in [-0.39, 0.29) is 12.6 Å². The van der Waals surface area contributed by atoms with Gasteiger partial charge in [-0.25, -0.2) is 12.7 Å². The van der Waals surface area contributed by atoms with E-state index < -0.39 is 34.8 Å². The molecule has 0 aliphatic carbocycles. The summed E-state index contributed by atoms with van der Waals surface area (Å²) in [4.78, 5) is 0. The number of nitrogens with zero attached hydrogens (tertiary/aromatic N) is 1. The Kier molecular flexibility index (Phi) is 4.19. The highest BCUT2D eigenvalue weighted by Crippen LogP contribution is 2.22. The van der Waals surface area contributed by atoms with Crippen molar-refractivity contribution < 1.29 is 21.6 Å². The maximum Gasteiger partial charge on any atom is 0.389 e. The number of hydrogen-bond donors (Lipinski definition) is 1. The Morgan fingerprint density at radius 2 is 2.00 bits per heavy atom. The van der Waals surface area contributed by atoms with Gasteiger partial charge in [-0.1, -0.05) is 0 Å². The van der Waals surface area contributed by atoms with Crippen LogP contribution in [0.4, 0.5) is 13.2 Å².